The van der Waals surface area contributed by atoms with E-state index in [0.717, 1.165) is 66.3 Å². The number of benzene rings is 1. The molecule has 5 heterocycles. The number of pyridine rings is 1. The van der Waals surface area contributed by atoms with Crippen molar-refractivity contribution >= 4 is 22.6 Å². The van der Waals surface area contributed by atoms with Crippen LogP contribution in [0.1, 0.15) is 38.1 Å². The van der Waals surface area contributed by atoms with Gasteiger partial charge < -0.3 is 24.1 Å². The van der Waals surface area contributed by atoms with Gasteiger partial charge in [-0.1, -0.05) is 12.1 Å². The number of rotatable bonds is 6. The fourth-order valence-corrected chi connectivity index (χ4v) is 5.25. The molecule has 2 aliphatic heterocycles. The minimum Gasteiger partial charge on any atom is -0.473 e. The molecule has 3 aliphatic rings. The van der Waals surface area contributed by atoms with Gasteiger partial charge in [0.15, 0.2) is 5.82 Å². The van der Waals surface area contributed by atoms with Gasteiger partial charge in [0, 0.05) is 49.3 Å². The standard InChI is InChI=1S/C26H28N8O2/c1-16(18-10-24(35)27-12-18)36-26-25-22(28-14-34(25)20-6-7-20)11-21(30-26)17-2-4-19(5-3-17)32-8-9-33-15-29-31-23(33)13-32/h2-5,11,14-16,18,20H,6-10,12-13H2,1H3,(H,27,35)/t16?,18-/m1/s1. The average Bonchev–Trinajstić information content (AvgIpc) is 3.27. The summed E-state index contributed by atoms with van der Waals surface area (Å²) in [5.41, 5.74) is 4.82. The fraction of sp³-hybridized carbons (Fsp3) is 0.423. The van der Waals surface area contributed by atoms with E-state index in [4.69, 9.17) is 14.7 Å². The van der Waals surface area contributed by atoms with E-state index in [1.807, 2.05) is 19.3 Å². The molecule has 0 spiro atoms. The third kappa shape index (κ3) is 3.77. The zero-order chi connectivity index (χ0) is 24.2. The largest absolute Gasteiger partial charge is 0.473 e. The van der Waals surface area contributed by atoms with Crippen LogP contribution in [0.3, 0.4) is 0 Å². The summed E-state index contributed by atoms with van der Waals surface area (Å²) < 4.78 is 10.8. The molecule has 2 atom stereocenters. The number of hydrogen-bond donors (Lipinski definition) is 1. The van der Waals surface area contributed by atoms with Crippen LogP contribution in [-0.2, 0) is 17.9 Å². The first-order valence-electron chi connectivity index (χ1n) is 12.7. The summed E-state index contributed by atoms with van der Waals surface area (Å²) in [5.74, 6) is 1.79. The molecule has 3 aromatic heterocycles. The van der Waals surface area contributed by atoms with Crippen molar-refractivity contribution in [2.75, 3.05) is 18.0 Å². The van der Waals surface area contributed by atoms with Gasteiger partial charge in [-0.3, -0.25) is 4.79 Å². The third-order valence-corrected chi connectivity index (χ3v) is 7.60. The molecule has 184 valence electrons. The molecule has 2 fully saturated rings. The summed E-state index contributed by atoms with van der Waals surface area (Å²) >= 11 is 0. The Morgan fingerprint density at radius 2 is 2.00 bits per heavy atom. The lowest BCUT2D eigenvalue weighted by Gasteiger charge is -2.29. The second-order valence-corrected chi connectivity index (χ2v) is 10.1. The van der Waals surface area contributed by atoms with Gasteiger partial charge in [-0.05, 0) is 38.0 Å². The van der Waals surface area contributed by atoms with Crippen LogP contribution in [0.4, 0.5) is 5.69 Å². The molecule has 36 heavy (non-hydrogen) atoms. The number of nitrogens with zero attached hydrogens (tertiary/aromatic N) is 7. The maximum absolute atomic E-state index is 11.8. The molecule has 1 aliphatic carbocycles. The number of anilines is 1. The van der Waals surface area contributed by atoms with Gasteiger partial charge in [0.25, 0.3) is 0 Å². The van der Waals surface area contributed by atoms with Crippen LogP contribution < -0.4 is 15.0 Å². The van der Waals surface area contributed by atoms with Crippen molar-refractivity contribution in [1.82, 2.24) is 34.6 Å². The number of nitrogens with one attached hydrogen (secondary N) is 1. The van der Waals surface area contributed by atoms with Crippen LogP contribution in [0.5, 0.6) is 5.88 Å². The molecule has 0 radical (unpaired) electrons. The SMILES string of the molecule is CC(Oc1nc(-c2ccc(N3CCn4cnnc4C3)cc2)cc2ncn(C3CC3)c12)[C@H]1CNC(=O)C1. The monoisotopic (exact) mass is 484 g/mol. The normalized spacial score (nSPS) is 20.4. The summed E-state index contributed by atoms with van der Waals surface area (Å²) in [6, 6.07) is 11.0. The molecule has 1 aromatic carbocycles. The minimum absolute atomic E-state index is 0.0827. The molecule has 10 heteroatoms. The number of carbonyl (C=O) groups excluding carboxylic acids is 1. The highest BCUT2D eigenvalue weighted by Crippen LogP contribution is 2.40. The van der Waals surface area contributed by atoms with E-state index in [9.17, 15) is 4.79 Å². The van der Waals surface area contributed by atoms with Gasteiger partial charge in [-0.15, -0.1) is 10.2 Å². The number of fused-ring (bicyclic) bond motifs is 2. The van der Waals surface area contributed by atoms with E-state index in [1.165, 1.54) is 0 Å². The van der Waals surface area contributed by atoms with Gasteiger partial charge in [0.2, 0.25) is 11.8 Å². The Balaban J connectivity index is 1.20. The lowest BCUT2D eigenvalue weighted by molar-refractivity contribution is -0.119. The van der Waals surface area contributed by atoms with E-state index in [1.54, 1.807) is 6.33 Å². The van der Waals surface area contributed by atoms with Crippen molar-refractivity contribution in [1.29, 1.82) is 0 Å². The number of imidazole rings is 1. The Labute approximate surface area is 208 Å². The second kappa shape index (κ2) is 8.32. The smallest absolute Gasteiger partial charge is 0.241 e. The summed E-state index contributed by atoms with van der Waals surface area (Å²) in [6.07, 6.45) is 6.35. The maximum Gasteiger partial charge on any atom is 0.241 e. The van der Waals surface area contributed by atoms with Crippen LogP contribution in [0.25, 0.3) is 22.3 Å². The van der Waals surface area contributed by atoms with E-state index in [-0.39, 0.29) is 17.9 Å². The number of aromatic nitrogens is 6. The van der Waals surface area contributed by atoms with Crippen molar-refractivity contribution in [3.05, 3.63) is 48.8 Å². The van der Waals surface area contributed by atoms with E-state index in [0.29, 0.717) is 24.9 Å². The molecule has 7 rings (SSSR count). The predicted octanol–water partition coefficient (Wildman–Crippen LogP) is 2.95. The zero-order valence-corrected chi connectivity index (χ0v) is 20.2. The molecule has 1 unspecified atom stereocenters. The lowest BCUT2D eigenvalue weighted by Crippen LogP contribution is -2.33. The highest BCUT2D eigenvalue weighted by molar-refractivity contribution is 5.85. The van der Waals surface area contributed by atoms with Crippen LogP contribution in [0, 0.1) is 5.92 Å². The average molecular weight is 485 g/mol. The highest BCUT2D eigenvalue weighted by atomic mass is 16.5. The molecule has 1 N–H and O–H groups in total. The summed E-state index contributed by atoms with van der Waals surface area (Å²) in [4.78, 5) is 23.8. The van der Waals surface area contributed by atoms with Crippen molar-refractivity contribution in [3.63, 3.8) is 0 Å². The van der Waals surface area contributed by atoms with Crippen molar-refractivity contribution < 1.29 is 9.53 Å². The first kappa shape index (κ1) is 21.3. The second-order valence-electron chi connectivity index (χ2n) is 10.1. The van der Waals surface area contributed by atoms with Crippen molar-refractivity contribution in [2.45, 2.75) is 51.4 Å². The van der Waals surface area contributed by atoms with E-state index < -0.39 is 0 Å². The number of hydrogen-bond acceptors (Lipinski definition) is 7. The fourth-order valence-electron chi connectivity index (χ4n) is 5.25. The van der Waals surface area contributed by atoms with Gasteiger partial charge >= 0.3 is 0 Å². The molecule has 0 bridgehead atoms. The number of ether oxygens (including phenoxy) is 1. The van der Waals surface area contributed by atoms with Gasteiger partial charge in [0.1, 0.15) is 17.9 Å². The molecule has 1 saturated heterocycles. The Bertz CT molecular complexity index is 1440. The topological polar surface area (TPSA) is 103 Å². The Morgan fingerprint density at radius 1 is 1.14 bits per heavy atom. The molecule has 1 saturated carbocycles. The van der Waals surface area contributed by atoms with Crippen molar-refractivity contribution in [2.24, 2.45) is 5.92 Å². The van der Waals surface area contributed by atoms with Gasteiger partial charge in [-0.2, -0.15) is 0 Å². The van der Waals surface area contributed by atoms with Gasteiger partial charge in [-0.25, -0.2) is 9.97 Å². The zero-order valence-electron chi connectivity index (χ0n) is 20.2. The Morgan fingerprint density at radius 3 is 2.78 bits per heavy atom. The third-order valence-electron chi connectivity index (χ3n) is 7.60. The molecular formula is C26H28N8O2. The first-order chi connectivity index (χ1) is 17.6. The molecular weight excluding hydrogens is 456 g/mol. The highest BCUT2D eigenvalue weighted by Gasteiger charge is 2.31. The molecule has 1 amide bonds. The van der Waals surface area contributed by atoms with Crippen LogP contribution in [0.2, 0.25) is 0 Å². The molecule has 4 aromatic rings. The Hall–Kier alpha value is -3.95. The summed E-state index contributed by atoms with van der Waals surface area (Å²) in [6.45, 7) is 5.21. The van der Waals surface area contributed by atoms with Crippen LogP contribution >= 0.6 is 0 Å². The van der Waals surface area contributed by atoms with Crippen molar-refractivity contribution in [3.8, 4) is 17.1 Å². The van der Waals surface area contributed by atoms with E-state index in [2.05, 4.69) is 53.8 Å². The summed E-state index contributed by atoms with van der Waals surface area (Å²) in [7, 11) is 0. The minimum atomic E-state index is -0.138. The lowest BCUT2D eigenvalue weighted by atomic mass is 10.0. The van der Waals surface area contributed by atoms with E-state index >= 15 is 0 Å². The molecule has 10 nitrogen and oxygen atoms in total. The quantitative estimate of drug-likeness (QED) is 0.449. The maximum atomic E-state index is 11.8. The first-order valence-corrected chi connectivity index (χ1v) is 12.7. The van der Waals surface area contributed by atoms with Gasteiger partial charge in [0.05, 0.1) is 24.1 Å². The van der Waals surface area contributed by atoms with Crippen LogP contribution in [0.15, 0.2) is 43.0 Å². The Kier molecular flexibility index (Phi) is 4.93. The number of carbonyl (C=O) groups is 1. The predicted molar refractivity (Wildman–Crippen MR) is 134 cm³/mol. The summed E-state index contributed by atoms with van der Waals surface area (Å²) in [5, 5.41) is 11.2. The van der Waals surface area contributed by atoms with Crippen LogP contribution in [-0.4, -0.2) is 54.4 Å². The number of amides is 1.